The van der Waals surface area contributed by atoms with Crippen LogP contribution in [0.2, 0.25) is 0 Å². The summed E-state index contributed by atoms with van der Waals surface area (Å²) >= 11 is 1.69. The Morgan fingerprint density at radius 3 is 2.53 bits per heavy atom. The predicted molar refractivity (Wildman–Crippen MR) is 79.5 cm³/mol. The largest absolute Gasteiger partial charge is 0.493 e. The van der Waals surface area contributed by atoms with Crippen molar-refractivity contribution in [2.75, 3.05) is 19.0 Å². The highest BCUT2D eigenvalue weighted by Gasteiger charge is 2.08. The van der Waals surface area contributed by atoms with Gasteiger partial charge in [0.15, 0.2) is 0 Å². The SMILES string of the molecule is CC(O)C(C)SCCOc1ccc(C#CCO)cc1. The van der Waals surface area contributed by atoms with Gasteiger partial charge in [-0.3, -0.25) is 0 Å². The van der Waals surface area contributed by atoms with Crippen LogP contribution in [0.3, 0.4) is 0 Å². The van der Waals surface area contributed by atoms with Gasteiger partial charge in [-0.1, -0.05) is 18.8 Å². The van der Waals surface area contributed by atoms with Gasteiger partial charge in [0.05, 0.1) is 12.7 Å². The van der Waals surface area contributed by atoms with E-state index in [0.717, 1.165) is 17.1 Å². The summed E-state index contributed by atoms with van der Waals surface area (Å²) in [6, 6.07) is 7.46. The number of aliphatic hydroxyl groups excluding tert-OH is 2. The van der Waals surface area contributed by atoms with Gasteiger partial charge in [-0.05, 0) is 31.2 Å². The summed E-state index contributed by atoms with van der Waals surface area (Å²) in [7, 11) is 0. The highest BCUT2D eigenvalue weighted by molar-refractivity contribution is 7.99. The van der Waals surface area contributed by atoms with Crippen LogP contribution in [0.1, 0.15) is 19.4 Å². The molecule has 0 saturated heterocycles. The van der Waals surface area contributed by atoms with Gasteiger partial charge in [-0.15, -0.1) is 0 Å². The van der Waals surface area contributed by atoms with Gasteiger partial charge in [0.2, 0.25) is 0 Å². The molecule has 2 atom stereocenters. The maximum absolute atomic E-state index is 9.35. The van der Waals surface area contributed by atoms with Crippen molar-refractivity contribution in [1.29, 1.82) is 0 Å². The molecule has 0 aliphatic heterocycles. The van der Waals surface area contributed by atoms with Crippen LogP contribution >= 0.6 is 11.8 Å². The molecule has 0 amide bonds. The first-order valence-electron chi connectivity index (χ1n) is 6.25. The number of hydrogen-bond acceptors (Lipinski definition) is 4. The van der Waals surface area contributed by atoms with E-state index in [4.69, 9.17) is 9.84 Å². The minimum Gasteiger partial charge on any atom is -0.493 e. The molecule has 0 saturated carbocycles. The van der Waals surface area contributed by atoms with Crippen LogP contribution < -0.4 is 4.74 Å². The Balaban J connectivity index is 2.30. The molecular weight excluding hydrogens is 260 g/mol. The molecule has 0 aliphatic rings. The highest BCUT2D eigenvalue weighted by Crippen LogP contribution is 2.15. The van der Waals surface area contributed by atoms with E-state index in [1.807, 2.05) is 31.2 Å². The minimum atomic E-state index is -0.297. The quantitative estimate of drug-likeness (QED) is 0.617. The van der Waals surface area contributed by atoms with Crippen molar-refractivity contribution >= 4 is 11.8 Å². The molecule has 1 rings (SSSR count). The maximum atomic E-state index is 9.35. The van der Waals surface area contributed by atoms with Crippen LogP contribution in [-0.4, -0.2) is 40.5 Å². The van der Waals surface area contributed by atoms with Crippen molar-refractivity contribution in [2.45, 2.75) is 25.2 Å². The van der Waals surface area contributed by atoms with E-state index in [1.165, 1.54) is 0 Å². The van der Waals surface area contributed by atoms with E-state index in [-0.39, 0.29) is 18.0 Å². The standard InChI is InChI=1S/C15H20O3S/c1-12(17)13(2)19-11-10-18-15-7-5-14(6-8-15)4-3-9-16/h5-8,12-13,16-17H,9-11H2,1-2H3. The van der Waals surface area contributed by atoms with Gasteiger partial charge in [0, 0.05) is 16.6 Å². The zero-order chi connectivity index (χ0) is 14.1. The van der Waals surface area contributed by atoms with Crippen molar-refractivity contribution in [1.82, 2.24) is 0 Å². The second kappa shape index (κ2) is 8.87. The molecule has 2 N–H and O–H groups in total. The first-order chi connectivity index (χ1) is 9.13. The average molecular weight is 280 g/mol. The zero-order valence-electron chi connectivity index (χ0n) is 11.3. The van der Waals surface area contributed by atoms with Gasteiger partial charge in [0.25, 0.3) is 0 Å². The molecule has 0 bridgehead atoms. The molecule has 104 valence electrons. The van der Waals surface area contributed by atoms with Crippen molar-refractivity contribution < 1.29 is 14.9 Å². The van der Waals surface area contributed by atoms with E-state index in [2.05, 4.69) is 11.8 Å². The summed E-state index contributed by atoms with van der Waals surface area (Å²) in [5.74, 6) is 7.08. The van der Waals surface area contributed by atoms with Crippen LogP contribution in [0.25, 0.3) is 0 Å². The second-order valence-electron chi connectivity index (χ2n) is 4.15. The van der Waals surface area contributed by atoms with Crippen LogP contribution in [0.4, 0.5) is 0 Å². The van der Waals surface area contributed by atoms with Crippen LogP contribution in [0.15, 0.2) is 24.3 Å². The molecule has 4 heteroatoms. The average Bonchev–Trinajstić information content (AvgIpc) is 2.42. The summed E-state index contributed by atoms with van der Waals surface area (Å²) in [6.07, 6.45) is -0.297. The van der Waals surface area contributed by atoms with Crippen molar-refractivity contribution in [3.8, 4) is 17.6 Å². The van der Waals surface area contributed by atoms with Crippen LogP contribution in [-0.2, 0) is 0 Å². The molecule has 3 nitrogen and oxygen atoms in total. The molecule has 0 aromatic heterocycles. The normalized spacial score (nSPS) is 13.3. The molecule has 0 aliphatic carbocycles. The van der Waals surface area contributed by atoms with E-state index < -0.39 is 0 Å². The molecular formula is C15H20O3S. The fourth-order valence-corrected chi connectivity index (χ4v) is 2.14. The van der Waals surface area contributed by atoms with Gasteiger partial charge < -0.3 is 14.9 Å². The van der Waals surface area contributed by atoms with Gasteiger partial charge in [0.1, 0.15) is 12.4 Å². The summed E-state index contributed by atoms with van der Waals surface area (Å²) < 4.78 is 5.60. The number of aliphatic hydroxyl groups is 2. The van der Waals surface area contributed by atoms with Gasteiger partial charge in [-0.2, -0.15) is 11.8 Å². The Kier molecular flexibility index (Phi) is 7.42. The van der Waals surface area contributed by atoms with Crippen molar-refractivity contribution in [3.05, 3.63) is 29.8 Å². The number of thioether (sulfide) groups is 1. The summed E-state index contributed by atoms with van der Waals surface area (Å²) in [5, 5.41) is 18.2. The zero-order valence-corrected chi connectivity index (χ0v) is 12.1. The minimum absolute atomic E-state index is 0.128. The molecule has 0 fully saturated rings. The lowest BCUT2D eigenvalue weighted by atomic mass is 10.2. The number of ether oxygens (including phenoxy) is 1. The molecule has 1 aromatic carbocycles. The lowest BCUT2D eigenvalue weighted by molar-refractivity contribution is 0.196. The lowest BCUT2D eigenvalue weighted by Crippen LogP contribution is -2.17. The Hall–Kier alpha value is -1.15. The summed E-state index contributed by atoms with van der Waals surface area (Å²) in [5.41, 5.74) is 0.860. The van der Waals surface area contributed by atoms with Crippen molar-refractivity contribution in [3.63, 3.8) is 0 Å². The van der Waals surface area contributed by atoms with Gasteiger partial charge in [-0.25, -0.2) is 0 Å². The lowest BCUT2D eigenvalue weighted by Gasteiger charge is -2.14. The van der Waals surface area contributed by atoms with E-state index in [0.29, 0.717) is 6.61 Å². The Morgan fingerprint density at radius 1 is 1.26 bits per heavy atom. The fraction of sp³-hybridized carbons (Fsp3) is 0.467. The first-order valence-corrected chi connectivity index (χ1v) is 7.30. The smallest absolute Gasteiger partial charge is 0.119 e. The second-order valence-corrected chi connectivity index (χ2v) is 5.63. The van der Waals surface area contributed by atoms with Crippen LogP contribution in [0, 0.1) is 11.8 Å². The van der Waals surface area contributed by atoms with Crippen LogP contribution in [0.5, 0.6) is 5.75 Å². The monoisotopic (exact) mass is 280 g/mol. The Bertz CT molecular complexity index is 417. The number of benzene rings is 1. The fourth-order valence-electron chi connectivity index (χ4n) is 1.31. The third-order valence-corrected chi connectivity index (χ3v) is 3.90. The van der Waals surface area contributed by atoms with Gasteiger partial charge >= 0.3 is 0 Å². The molecule has 0 spiro atoms. The molecule has 0 radical (unpaired) electrons. The topological polar surface area (TPSA) is 49.7 Å². The number of hydrogen-bond donors (Lipinski definition) is 2. The first kappa shape index (κ1) is 15.9. The highest BCUT2D eigenvalue weighted by atomic mass is 32.2. The Morgan fingerprint density at radius 2 is 1.95 bits per heavy atom. The molecule has 0 heterocycles. The number of rotatable bonds is 6. The van der Waals surface area contributed by atoms with E-state index >= 15 is 0 Å². The summed E-state index contributed by atoms with van der Waals surface area (Å²) in [4.78, 5) is 0. The van der Waals surface area contributed by atoms with Crippen molar-refractivity contribution in [2.24, 2.45) is 0 Å². The molecule has 2 unspecified atom stereocenters. The Labute approximate surface area is 119 Å². The third kappa shape index (κ3) is 6.53. The van der Waals surface area contributed by atoms with E-state index in [1.54, 1.807) is 18.7 Å². The van der Waals surface area contributed by atoms with E-state index in [9.17, 15) is 5.11 Å². The summed E-state index contributed by atoms with van der Waals surface area (Å²) in [6.45, 7) is 4.29. The molecule has 1 aromatic rings. The maximum Gasteiger partial charge on any atom is 0.119 e. The third-order valence-electron chi connectivity index (χ3n) is 2.58. The molecule has 19 heavy (non-hydrogen) atoms. The predicted octanol–water partition coefficient (Wildman–Crippen LogP) is 1.91.